The summed E-state index contributed by atoms with van der Waals surface area (Å²) in [6.45, 7) is 0.336. The largest absolute Gasteiger partial charge is 0.302 e. The van der Waals surface area contributed by atoms with Crippen molar-refractivity contribution >= 4 is 16.3 Å². The van der Waals surface area contributed by atoms with E-state index in [9.17, 15) is 17.6 Å². The molecular formula is C11H12FNO3S. The summed E-state index contributed by atoms with van der Waals surface area (Å²) in [5.41, 5.74) is 0. The van der Waals surface area contributed by atoms with Crippen molar-refractivity contribution < 1.29 is 17.6 Å². The summed E-state index contributed by atoms with van der Waals surface area (Å²) < 4.78 is 38.2. The molecule has 1 aliphatic heterocycles. The molecule has 0 radical (unpaired) electrons. The third-order valence-electron chi connectivity index (χ3n) is 2.83. The molecule has 0 aliphatic carbocycles. The molecule has 0 N–H and O–H groups in total. The molecule has 92 valence electrons. The summed E-state index contributed by atoms with van der Waals surface area (Å²) in [5.74, 6) is -0.489. The van der Waals surface area contributed by atoms with E-state index >= 15 is 0 Å². The molecule has 0 saturated carbocycles. The van der Waals surface area contributed by atoms with Crippen LogP contribution < -0.4 is 0 Å². The van der Waals surface area contributed by atoms with Crippen LogP contribution >= 0.6 is 0 Å². The lowest BCUT2D eigenvalue weighted by atomic mass is 10.2. The zero-order chi connectivity index (χ0) is 12.5. The zero-order valence-corrected chi connectivity index (χ0v) is 9.86. The van der Waals surface area contributed by atoms with Crippen LogP contribution in [-0.2, 0) is 14.8 Å². The van der Waals surface area contributed by atoms with Gasteiger partial charge in [0.25, 0.3) is 0 Å². The van der Waals surface area contributed by atoms with Gasteiger partial charge in [0.05, 0.1) is 10.9 Å². The van der Waals surface area contributed by atoms with Gasteiger partial charge in [-0.1, -0.05) is 0 Å². The standard InChI is InChI=1S/C11H12FNO3S/c12-9-3-5-11(6-4-9)17(15,16)13-7-1-2-10(13)8-14/h3-6,8,10H,1-2,7H2/t10-/m0/s1. The van der Waals surface area contributed by atoms with E-state index in [4.69, 9.17) is 0 Å². The zero-order valence-electron chi connectivity index (χ0n) is 9.04. The number of carbonyl (C=O) groups excluding carboxylic acids is 1. The smallest absolute Gasteiger partial charge is 0.243 e. The van der Waals surface area contributed by atoms with Crippen molar-refractivity contribution in [1.29, 1.82) is 0 Å². The first-order valence-electron chi connectivity index (χ1n) is 5.28. The first-order chi connectivity index (χ1) is 8.05. The van der Waals surface area contributed by atoms with Gasteiger partial charge in [0.1, 0.15) is 12.1 Å². The van der Waals surface area contributed by atoms with Gasteiger partial charge < -0.3 is 4.79 Å². The van der Waals surface area contributed by atoms with E-state index in [0.717, 1.165) is 12.1 Å². The Hall–Kier alpha value is -1.27. The SMILES string of the molecule is O=C[C@@H]1CCCN1S(=O)(=O)c1ccc(F)cc1. The maximum atomic E-state index is 12.7. The Morgan fingerprint density at radius 2 is 1.94 bits per heavy atom. The van der Waals surface area contributed by atoms with Gasteiger partial charge in [-0.3, -0.25) is 0 Å². The summed E-state index contributed by atoms with van der Waals surface area (Å²) in [5, 5.41) is 0. The Morgan fingerprint density at radius 3 is 2.53 bits per heavy atom. The van der Waals surface area contributed by atoms with E-state index in [1.165, 1.54) is 16.4 Å². The number of nitrogens with zero attached hydrogens (tertiary/aromatic N) is 1. The fourth-order valence-electron chi connectivity index (χ4n) is 1.94. The number of rotatable bonds is 3. The van der Waals surface area contributed by atoms with E-state index in [2.05, 4.69) is 0 Å². The highest BCUT2D eigenvalue weighted by molar-refractivity contribution is 7.89. The van der Waals surface area contributed by atoms with Crippen LogP contribution in [0.2, 0.25) is 0 Å². The number of sulfonamides is 1. The highest BCUT2D eigenvalue weighted by Gasteiger charge is 2.34. The number of hydrogen-bond acceptors (Lipinski definition) is 3. The highest BCUT2D eigenvalue weighted by atomic mass is 32.2. The molecule has 0 spiro atoms. The molecule has 0 amide bonds. The van der Waals surface area contributed by atoms with Gasteiger partial charge in [-0.15, -0.1) is 0 Å². The van der Waals surface area contributed by atoms with Crippen LogP contribution in [0.3, 0.4) is 0 Å². The molecule has 0 unspecified atom stereocenters. The fraction of sp³-hybridized carbons (Fsp3) is 0.364. The number of aldehydes is 1. The number of benzene rings is 1. The van der Waals surface area contributed by atoms with Crippen LogP contribution in [0.1, 0.15) is 12.8 Å². The van der Waals surface area contributed by atoms with Gasteiger partial charge in [-0.2, -0.15) is 4.31 Å². The average molecular weight is 257 g/mol. The summed E-state index contributed by atoms with van der Waals surface area (Å²) in [4.78, 5) is 10.8. The van der Waals surface area contributed by atoms with E-state index in [-0.39, 0.29) is 4.90 Å². The van der Waals surface area contributed by atoms with Gasteiger partial charge in [0.2, 0.25) is 10.0 Å². The monoisotopic (exact) mass is 257 g/mol. The van der Waals surface area contributed by atoms with Crippen molar-refractivity contribution in [3.63, 3.8) is 0 Å². The number of carbonyl (C=O) groups is 1. The minimum atomic E-state index is -3.68. The molecule has 6 heteroatoms. The Balaban J connectivity index is 2.36. The molecule has 1 heterocycles. The summed E-state index contributed by atoms with van der Waals surface area (Å²) >= 11 is 0. The average Bonchev–Trinajstić information content (AvgIpc) is 2.78. The molecule has 17 heavy (non-hydrogen) atoms. The third kappa shape index (κ3) is 2.23. The maximum absolute atomic E-state index is 12.7. The molecular weight excluding hydrogens is 245 g/mol. The second-order valence-electron chi connectivity index (χ2n) is 3.92. The molecule has 1 aliphatic rings. The Labute approximate surface area is 99.1 Å². The Morgan fingerprint density at radius 1 is 1.29 bits per heavy atom. The second kappa shape index (κ2) is 4.54. The predicted octanol–water partition coefficient (Wildman–Crippen LogP) is 1.18. The highest BCUT2D eigenvalue weighted by Crippen LogP contribution is 2.24. The molecule has 1 saturated heterocycles. The summed E-state index contributed by atoms with van der Waals surface area (Å²) in [6, 6.07) is 4.03. The van der Waals surface area contributed by atoms with E-state index in [0.29, 0.717) is 25.7 Å². The lowest BCUT2D eigenvalue weighted by molar-refractivity contribution is -0.110. The molecule has 0 aromatic heterocycles. The van der Waals surface area contributed by atoms with E-state index in [1.54, 1.807) is 0 Å². The van der Waals surface area contributed by atoms with E-state index < -0.39 is 21.9 Å². The van der Waals surface area contributed by atoms with Crippen molar-refractivity contribution in [1.82, 2.24) is 4.31 Å². The summed E-state index contributed by atoms with van der Waals surface area (Å²) in [6.07, 6.45) is 1.86. The molecule has 2 rings (SSSR count). The molecule has 4 nitrogen and oxygen atoms in total. The fourth-order valence-corrected chi connectivity index (χ4v) is 3.57. The van der Waals surface area contributed by atoms with Gasteiger partial charge in [0, 0.05) is 6.54 Å². The number of halogens is 1. The quantitative estimate of drug-likeness (QED) is 0.764. The van der Waals surface area contributed by atoms with Crippen LogP contribution in [-0.4, -0.2) is 31.6 Å². The van der Waals surface area contributed by atoms with Crippen molar-refractivity contribution in [3.05, 3.63) is 30.1 Å². The molecule has 1 aromatic carbocycles. The van der Waals surface area contributed by atoms with Crippen molar-refractivity contribution in [2.24, 2.45) is 0 Å². The van der Waals surface area contributed by atoms with Crippen LogP contribution in [0.4, 0.5) is 4.39 Å². The molecule has 1 aromatic rings. The van der Waals surface area contributed by atoms with Crippen molar-refractivity contribution in [2.45, 2.75) is 23.8 Å². The third-order valence-corrected chi connectivity index (χ3v) is 4.76. The topological polar surface area (TPSA) is 54.5 Å². The van der Waals surface area contributed by atoms with Gasteiger partial charge >= 0.3 is 0 Å². The van der Waals surface area contributed by atoms with Gasteiger partial charge in [-0.25, -0.2) is 12.8 Å². The Bertz CT molecular complexity index is 512. The lowest BCUT2D eigenvalue weighted by Gasteiger charge is -2.19. The normalized spacial score (nSPS) is 21.6. The van der Waals surface area contributed by atoms with Gasteiger partial charge in [-0.05, 0) is 37.1 Å². The predicted molar refractivity (Wildman–Crippen MR) is 59.4 cm³/mol. The first-order valence-corrected chi connectivity index (χ1v) is 6.72. The maximum Gasteiger partial charge on any atom is 0.243 e. The van der Waals surface area contributed by atoms with E-state index in [1.807, 2.05) is 0 Å². The minimum absolute atomic E-state index is 0.0210. The lowest BCUT2D eigenvalue weighted by Crippen LogP contribution is -2.36. The minimum Gasteiger partial charge on any atom is -0.302 e. The van der Waals surface area contributed by atoms with Crippen molar-refractivity contribution in [3.8, 4) is 0 Å². The van der Waals surface area contributed by atoms with Crippen molar-refractivity contribution in [2.75, 3.05) is 6.54 Å². The number of hydrogen-bond donors (Lipinski definition) is 0. The summed E-state index contributed by atoms with van der Waals surface area (Å²) in [7, 11) is -3.68. The Kier molecular flexibility index (Phi) is 3.26. The van der Waals surface area contributed by atoms with Crippen LogP contribution in [0.15, 0.2) is 29.2 Å². The molecule has 1 fully saturated rings. The van der Waals surface area contributed by atoms with Crippen LogP contribution in [0.5, 0.6) is 0 Å². The second-order valence-corrected chi connectivity index (χ2v) is 5.81. The molecule has 0 bridgehead atoms. The first kappa shape index (κ1) is 12.2. The molecule has 1 atom stereocenters. The van der Waals surface area contributed by atoms with Crippen LogP contribution in [0.25, 0.3) is 0 Å². The van der Waals surface area contributed by atoms with Gasteiger partial charge in [0.15, 0.2) is 0 Å². The van der Waals surface area contributed by atoms with Crippen LogP contribution in [0, 0.1) is 5.82 Å².